The Kier molecular flexibility index (Phi) is 11.0. The Labute approximate surface area is 301 Å². The predicted octanol–water partition coefficient (Wildman–Crippen LogP) is 13.3. The second-order valence-corrected chi connectivity index (χ2v) is 20.7. The first-order chi connectivity index (χ1) is 21.9. The Morgan fingerprint density at radius 3 is 0.735 bits per heavy atom. The molecule has 0 aromatic heterocycles. The van der Waals surface area contributed by atoms with Crippen LogP contribution in [0.4, 0.5) is 0 Å². The van der Waals surface area contributed by atoms with Crippen LogP contribution in [0.1, 0.15) is 172 Å². The zero-order valence-corrected chi connectivity index (χ0v) is 35.0. The molecule has 0 radical (unpaired) electrons. The second-order valence-electron chi connectivity index (χ2n) is 20.7. The summed E-state index contributed by atoms with van der Waals surface area (Å²) in [5.41, 5.74) is 6.58. The van der Waals surface area contributed by atoms with Gasteiger partial charge in [0.15, 0.2) is 0 Å². The number of benzene rings is 3. The Hall–Kier alpha value is -2.94. The molecule has 49 heavy (non-hydrogen) atoms. The second kappa shape index (κ2) is 13.3. The molecule has 0 saturated carbocycles. The van der Waals surface area contributed by atoms with E-state index in [0.717, 1.165) is 33.9 Å². The average Bonchev–Trinajstić information content (AvgIpc) is 2.89. The topological polar surface area (TPSA) is 27.7 Å². The lowest BCUT2D eigenvalue weighted by Crippen LogP contribution is -2.53. The molecule has 0 saturated heterocycles. The summed E-state index contributed by atoms with van der Waals surface area (Å²) in [5.74, 6) is 0.604. The van der Waals surface area contributed by atoms with Crippen LogP contribution in [-0.4, -0.2) is 5.97 Å². The molecule has 3 aromatic carbocycles. The maximum absolute atomic E-state index is 7.28. The van der Waals surface area contributed by atoms with Crippen LogP contribution in [0.5, 0.6) is 17.2 Å². The molecule has 272 valence electrons. The van der Waals surface area contributed by atoms with Gasteiger partial charge < -0.3 is 14.2 Å². The van der Waals surface area contributed by atoms with Gasteiger partial charge in [-0.3, -0.25) is 0 Å². The molecule has 3 aromatic rings. The summed E-state index contributed by atoms with van der Waals surface area (Å²) in [7, 11) is 0. The third-order valence-corrected chi connectivity index (χ3v) is 9.42. The third-order valence-electron chi connectivity index (χ3n) is 9.42. The normalized spacial score (nSPS) is 13.9. The van der Waals surface area contributed by atoms with Crippen LogP contribution in [0.25, 0.3) is 0 Å². The number of ether oxygens (including phenoxy) is 3. The fraction of sp³-hybridized carbons (Fsp3) is 0.609. The lowest BCUT2D eigenvalue weighted by molar-refractivity contribution is -0.280. The minimum Gasteiger partial charge on any atom is -0.420 e. The van der Waals surface area contributed by atoms with Crippen molar-refractivity contribution >= 4 is 0 Å². The summed E-state index contributed by atoms with van der Waals surface area (Å²) in [4.78, 5) is 0. The van der Waals surface area contributed by atoms with Gasteiger partial charge in [-0.05, 0) is 67.4 Å². The van der Waals surface area contributed by atoms with Gasteiger partial charge in [0, 0.05) is 16.7 Å². The molecular formula is C46H70O3. The first-order valence-corrected chi connectivity index (χ1v) is 18.4. The van der Waals surface area contributed by atoms with Gasteiger partial charge in [-0.25, -0.2) is 0 Å². The van der Waals surface area contributed by atoms with E-state index < -0.39 is 5.97 Å². The van der Waals surface area contributed by atoms with Gasteiger partial charge in [0.1, 0.15) is 17.2 Å². The molecule has 0 spiro atoms. The quantitative estimate of drug-likeness (QED) is 0.234. The molecule has 0 aliphatic carbocycles. The number of hydrogen-bond donors (Lipinski definition) is 0. The molecule has 0 atom stereocenters. The van der Waals surface area contributed by atoms with Crippen LogP contribution in [0.15, 0.2) is 54.6 Å². The standard InChI is InChI=1S/C46H70O3/c1-30(2)46(47-37-24-21-31(40(3,4)5)27-34(37)43(12,13)14,48-38-25-22-32(41(6,7)8)28-35(38)44(15,16)17)49-39-26-23-33(42(9,10)11)29-36(39)45(18,19)20/h21-30H,1-20H3. The maximum atomic E-state index is 7.28. The van der Waals surface area contributed by atoms with Crippen molar-refractivity contribution in [2.75, 3.05) is 0 Å². The Morgan fingerprint density at radius 2 is 0.571 bits per heavy atom. The van der Waals surface area contributed by atoms with Crippen molar-refractivity contribution in [2.45, 2.75) is 177 Å². The van der Waals surface area contributed by atoms with Gasteiger partial charge in [0.25, 0.3) is 0 Å². The van der Waals surface area contributed by atoms with Gasteiger partial charge >= 0.3 is 5.97 Å². The van der Waals surface area contributed by atoms with Crippen LogP contribution in [0.2, 0.25) is 0 Å². The molecule has 0 aliphatic rings. The zero-order chi connectivity index (χ0) is 37.8. The van der Waals surface area contributed by atoms with Crippen LogP contribution in [-0.2, 0) is 32.5 Å². The lowest BCUT2D eigenvalue weighted by atomic mass is 9.80. The van der Waals surface area contributed by atoms with E-state index in [2.05, 4.69) is 193 Å². The molecule has 0 bridgehead atoms. The maximum Gasteiger partial charge on any atom is 0.419 e. The first-order valence-electron chi connectivity index (χ1n) is 18.4. The summed E-state index contributed by atoms with van der Waals surface area (Å²) < 4.78 is 21.8. The molecular weight excluding hydrogens is 601 g/mol. The number of hydrogen-bond acceptors (Lipinski definition) is 3. The Balaban J connectivity index is 2.41. The highest BCUT2D eigenvalue weighted by Crippen LogP contribution is 2.44. The van der Waals surface area contributed by atoms with Gasteiger partial charge in [0.05, 0.1) is 5.92 Å². The minimum absolute atomic E-state index is 0.00646. The van der Waals surface area contributed by atoms with Crippen molar-refractivity contribution in [3.63, 3.8) is 0 Å². The van der Waals surface area contributed by atoms with E-state index in [-0.39, 0.29) is 38.4 Å². The van der Waals surface area contributed by atoms with E-state index in [1.165, 1.54) is 16.7 Å². The molecule has 0 fully saturated rings. The molecule has 0 N–H and O–H groups in total. The zero-order valence-electron chi connectivity index (χ0n) is 35.0. The highest BCUT2D eigenvalue weighted by atomic mass is 16.9. The SMILES string of the molecule is CC(C)C(Oc1ccc(C(C)(C)C)cc1C(C)(C)C)(Oc1ccc(C(C)(C)C)cc1C(C)(C)C)Oc1ccc(C(C)(C)C)cc1C(C)(C)C. The van der Waals surface area contributed by atoms with E-state index in [9.17, 15) is 0 Å². The van der Waals surface area contributed by atoms with Crippen molar-refractivity contribution in [1.82, 2.24) is 0 Å². The van der Waals surface area contributed by atoms with Gasteiger partial charge in [-0.1, -0.05) is 175 Å². The van der Waals surface area contributed by atoms with Crippen molar-refractivity contribution in [3.05, 3.63) is 88.0 Å². The third kappa shape index (κ3) is 9.65. The molecule has 0 aliphatic heterocycles. The fourth-order valence-corrected chi connectivity index (χ4v) is 5.89. The van der Waals surface area contributed by atoms with Crippen LogP contribution in [0.3, 0.4) is 0 Å². The summed E-state index contributed by atoms with van der Waals surface area (Å²) >= 11 is 0. The van der Waals surface area contributed by atoms with E-state index in [0.29, 0.717) is 0 Å². The first kappa shape index (κ1) is 40.5. The monoisotopic (exact) mass is 671 g/mol. The Bertz CT molecular complexity index is 1410. The Morgan fingerprint density at radius 1 is 0.347 bits per heavy atom. The number of rotatable bonds is 7. The van der Waals surface area contributed by atoms with E-state index in [4.69, 9.17) is 14.2 Å². The smallest absolute Gasteiger partial charge is 0.419 e. The van der Waals surface area contributed by atoms with Crippen molar-refractivity contribution in [3.8, 4) is 17.2 Å². The van der Waals surface area contributed by atoms with Crippen molar-refractivity contribution in [2.24, 2.45) is 5.92 Å². The lowest BCUT2D eigenvalue weighted by Gasteiger charge is -2.41. The van der Waals surface area contributed by atoms with Crippen LogP contribution >= 0.6 is 0 Å². The largest absolute Gasteiger partial charge is 0.420 e. The van der Waals surface area contributed by atoms with E-state index in [1.807, 2.05) is 0 Å². The summed E-state index contributed by atoms with van der Waals surface area (Å²) in [6, 6.07) is 19.8. The van der Waals surface area contributed by atoms with Crippen molar-refractivity contribution in [1.29, 1.82) is 0 Å². The predicted molar refractivity (Wildman–Crippen MR) is 211 cm³/mol. The average molecular weight is 671 g/mol. The molecule has 0 unspecified atom stereocenters. The highest BCUT2D eigenvalue weighted by molar-refractivity contribution is 5.47. The van der Waals surface area contributed by atoms with E-state index >= 15 is 0 Å². The van der Waals surface area contributed by atoms with E-state index in [1.54, 1.807) is 0 Å². The summed E-state index contributed by atoms with van der Waals surface area (Å²) in [6.45, 7) is 44.7. The van der Waals surface area contributed by atoms with Crippen LogP contribution in [0, 0.1) is 5.92 Å². The van der Waals surface area contributed by atoms with Gasteiger partial charge in [-0.2, -0.15) is 0 Å². The summed E-state index contributed by atoms with van der Waals surface area (Å²) in [5, 5.41) is 0. The molecule has 0 amide bonds. The molecule has 3 nitrogen and oxygen atoms in total. The highest BCUT2D eigenvalue weighted by Gasteiger charge is 2.46. The fourth-order valence-electron chi connectivity index (χ4n) is 5.89. The molecule has 0 heterocycles. The molecule has 3 rings (SSSR count). The minimum atomic E-state index is -1.49. The molecule has 3 heteroatoms. The van der Waals surface area contributed by atoms with Crippen LogP contribution < -0.4 is 14.2 Å². The van der Waals surface area contributed by atoms with Gasteiger partial charge in [0.2, 0.25) is 0 Å². The van der Waals surface area contributed by atoms with Crippen molar-refractivity contribution < 1.29 is 14.2 Å². The summed E-state index contributed by atoms with van der Waals surface area (Å²) in [6.07, 6.45) is 0. The van der Waals surface area contributed by atoms with Gasteiger partial charge in [-0.15, -0.1) is 0 Å².